The van der Waals surface area contributed by atoms with Crippen LogP contribution in [0.15, 0.2) is 60.7 Å². The topological polar surface area (TPSA) is 70.0 Å². The molecule has 136 valence electrons. The molecule has 0 spiro atoms. The Balaban J connectivity index is 2.08. The van der Waals surface area contributed by atoms with Gasteiger partial charge < -0.3 is 9.79 Å². The van der Waals surface area contributed by atoms with E-state index in [0.717, 1.165) is 25.9 Å². The van der Waals surface area contributed by atoms with E-state index in [1.54, 1.807) is 48.5 Å². The third-order valence-electron chi connectivity index (χ3n) is 4.38. The summed E-state index contributed by atoms with van der Waals surface area (Å²) in [6.07, 6.45) is 2.31. The summed E-state index contributed by atoms with van der Waals surface area (Å²) in [6.45, 7) is 2.54. The Morgan fingerprint density at radius 2 is 1.46 bits per heavy atom. The fourth-order valence-electron chi connectivity index (χ4n) is 3.18. The molecule has 1 aliphatic heterocycles. The van der Waals surface area contributed by atoms with Gasteiger partial charge in [-0.15, -0.1) is 0 Å². The van der Waals surface area contributed by atoms with Gasteiger partial charge in [-0.05, 0) is 25.9 Å². The van der Waals surface area contributed by atoms with E-state index in [-0.39, 0.29) is 0 Å². The van der Waals surface area contributed by atoms with Crippen LogP contribution in [-0.4, -0.2) is 34.3 Å². The normalized spacial score (nSPS) is 15.5. The summed E-state index contributed by atoms with van der Waals surface area (Å²) in [5.74, 6) is 6.14. The lowest BCUT2D eigenvalue weighted by molar-refractivity contribution is 0.111. The molecule has 0 unspecified atom stereocenters. The van der Waals surface area contributed by atoms with Gasteiger partial charge in [0, 0.05) is 11.1 Å². The van der Waals surface area contributed by atoms with E-state index in [2.05, 4.69) is 16.7 Å². The second-order valence-corrected chi connectivity index (χ2v) is 7.44. The van der Waals surface area contributed by atoms with Crippen LogP contribution in [0.3, 0.4) is 0 Å². The van der Waals surface area contributed by atoms with Gasteiger partial charge in [0.25, 0.3) is 0 Å². The largest absolute Gasteiger partial charge is 0.471 e. The Hall–Kier alpha value is -1.93. The smallest absolute Gasteiger partial charge is 0.303 e. The summed E-state index contributed by atoms with van der Waals surface area (Å²) in [5, 5.41) is 0. The van der Waals surface area contributed by atoms with Crippen molar-refractivity contribution in [2.75, 3.05) is 19.6 Å². The van der Waals surface area contributed by atoms with Crippen LogP contribution in [-0.2, 0) is 14.7 Å². The molecule has 0 amide bonds. The van der Waals surface area contributed by atoms with Crippen molar-refractivity contribution < 1.29 is 18.9 Å². The molecule has 1 aliphatic rings. The van der Waals surface area contributed by atoms with Gasteiger partial charge in [-0.25, -0.2) is 4.57 Å². The van der Waals surface area contributed by atoms with Gasteiger partial charge in [0.1, 0.15) is 0 Å². The summed E-state index contributed by atoms with van der Waals surface area (Å²) >= 11 is 0. The number of benzene rings is 2. The first-order chi connectivity index (χ1) is 12.5. The fourth-order valence-corrected chi connectivity index (χ4v) is 3.79. The summed E-state index contributed by atoms with van der Waals surface area (Å²) in [5.41, 5.74) is -0.353. The SMILES string of the molecule is O=P(O)(O)OC(C#CCN1CCCC1)(c1ccccc1)c1ccccc1. The molecule has 0 bridgehead atoms. The summed E-state index contributed by atoms with van der Waals surface area (Å²) in [7, 11) is -4.80. The van der Waals surface area contributed by atoms with Crippen LogP contribution in [0.4, 0.5) is 0 Å². The third-order valence-corrected chi connectivity index (χ3v) is 4.89. The Morgan fingerprint density at radius 3 is 1.92 bits per heavy atom. The highest BCUT2D eigenvalue weighted by atomic mass is 31.2. The lowest BCUT2D eigenvalue weighted by atomic mass is 9.87. The average Bonchev–Trinajstić information content (AvgIpc) is 3.15. The zero-order valence-electron chi connectivity index (χ0n) is 14.4. The highest BCUT2D eigenvalue weighted by molar-refractivity contribution is 7.46. The molecule has 0 aliphatic carbocycles. The van der Waals surface area contributed by atoms with Crippen molar-refractivity contribution in [2.45, 2.75) is 18.4 Å². The van der Waals surface area contributed by atoms with Crippen LogP contribution < -0.4 is 0 Å². The molecule has 0 aromatic heterocycles. The predicted molar refractivity (Wildman–Crippen MR) is 100 cm³/mol. The average molecular weight is 371 g/mol. The molecular formula is C20H22NO4P. The van der Waals surface area contributed by atoms with Crippen molar-refractivity contribution in [3.8, 4) is 11.8 Å². The van der Waals surface area contributed by atoms with Gasteiger partial charge in [-0.2, -0.15) is 0 Å². The zero-order chi connectivity index (χ0) is 18.5. The quantitative estimate of drug-likeness (QED) is 0.624. The lowest BCUT2D eigenvalue weighted by Crippen LogP contribution is -2.29. The number of nitrogens with zero attached hydrogens (tertiary/aromatic N) is 1. The second-order valence-electron chi connectivity index (χ2n) is 6.28. The Morgan fingerprint density at radius 1 is 0.962 bits per heavy atom. The van der Waals surface area contributed by atoms with Gasteiger partial charge in [0.05, 0.1) is 6.54 Å². The molecule has 6 heteroatoms. The molecule has 26 heavy (non-hydrogen) atoms. The van der Waals surface area contributed by atoms with E-state index < -0.39 is 13.4 Å². The Kier molecular flexibility index (Phi) is 5.93. The number of hydrogen-bond acceptors (Lipinski definition) is 3. The van der Waals surface area contributed by atoms with E-state index in [0.29, 0.717) is 17.7 Å². The minimum atomic E-state index is -4.80. The van der Waals surface area contributed by atoms with Crippen LogP contribution >= 0.6 is 7.82 Å². The van der Waals surface area contributed by atoms with Crippen LogP contribution in [0.5, 0.6) is 0 Å². The van der Waals surface area contributed by atoms with Crippen molar-refractivity contribution in [2.24, 2.45) is 0 Å². The van der Waals surface area contributed by atoms with Gasteiger partial charge >= 0.3 is 7.82 Å². The van der Waals surface area contributed by atoms with Crippen LogP contribution in [0.2, 0.25) is 0 Å². The summed E-state index contributed by atoms with van der Waals surface area (Å²) in [6, 6.07) is 18.0. The first-order valence-corrected chi connectivity index (χ1v) is 10.1. The number of likely N-dealkylation sites (tertiary alicyclic amines) is 1. The first kappa shape index (κ1) is 18.8. The van der Waals surface area contributed by atoms with Gasteiger partial charge in [0.2, 0.25) is 0 Å². The third kappa shape index (κ3) is 4.62. The summed E-state index contributed by atoms with van der Waals surface area (Å²) < 4.78 is 17.1. The molecule has 5 nitrogen and oxygen atoms in total. The molecule has 1 heterocycles. The number of phosphoric ester groups is 1. The molecule has 3 rings (SSSR count). The van der Waals surface area contributed by atoms with E-state index in [9.17, 15) is 14.4 Å². The first-order valence-electron chi connectivity index (χ1n) is 8.59. The number of rotatable bonds is 5. The monoisotopic (exact) mass is 371 g/mol. The molecule has 0 saturated carbocycles. The van der Waals surface area contributed by atoms with Crippen LogP contribution in [0.1, 0.15) is 24.0 Å². The highest BCUT2D eigenvalue weighted by Gasteiger charge is 2.40. The van der Waals surface area contributed by atoms with Gasteiger partial charge in [0.15, 0.2) is 5.60 Å². The number of phosphoric acid groups is 1. The van der Waals surface area contributed by atoms with Crippen molar-refractivity contribution in [3.63, 3.8) is 0 Å². The molecule has 0 atom stereocenters. The fraction of sp³-hybridized carbons (Fsp3) is 0.300. The summed E-state index contributed by atoms with van der Waals surface area (Å²) in [4.78, 5) is 21.4. The minimum Gasteiger partial charge on any atom is -0.303 e. The maximum absolute atomic E-state index is 11.8. The van der Waals surface area contributed by atoms with E-state index in [1.807, 2.05) is 12.1 Å². The van der Waals surface area contributed by atoms with E-state index >= 15 is 0 Å². The number of hydrogen-bond donors (Lipinski definition) is 2. The lowest BCUT2D eigenvalue weighted by Gasteiger charge is -2.30. The maximum Gasteiger partial charge on any atom is 0.471 e. The standard InChI is InChI=1S/C20H22NO4P/c22-26(23,24)25-20(18-10-3-1-4-11-18,19-12-5-2-6-13-19)14-9-17-21-15-7-8-16-21/h1-6,10-13H,7-8,15-17H2,(H2,22,23,24). The minimum absolute atomic E-state index is 0.548. The molecule has 2 N–H and O–H groups in total. The van der Waals surface area contributed by atoms with Crippen LogP contribution in [0, 0.1) is 11.8 Å². The highest BCUT2D eigenvalue weighted by Crippen LogP contribution is 2.48. The van der Waals surface area contributed by atoms with Gasteiger partial charge in [-0.1, -0.05) is 72.5 Å². The van der Waals surface area contributed by atoms with Crippen molar-refractivity contribution >= 4 is 7.82 Å². The molecular weight excluding hydrogens is 349 g/mol. The molecule has 1 fully saturated rings. The van der Waals surface area contributed by atoms with Crippen molar-refractivity contribution in [1.29, 1.82) is 0 Å². The zero-order valence-corrected chi connectivity index (χ0v) is 15.3. The molecule has 1 saturated heterocycles. The second kappa shape index (κ2) is 8.18. The Labute approximate surface area is 153 Å². The molecule has 2 aromatic carbocycles. The predicted octanol–water partition coefficient (Wildman–Crippen LogP) is 3.14. The van der Waals surface area contributed by atoms with Crippen LogP contribution in [0.25, 0.3) is 0 Å². The molecule has 0 radical (unpaired) electrons. The molecule has 2 aromatic rings. The maximum atomic E-state index is 11.8. The van der Waals surface area contributed by atoms with E-state index in [1.165, 1.54) is 0 Å². The van der Waals surface area contributed by atoms with Crippen molar-refractivity contribution in [1.82, 2.24) is 4.90 Å². The van der Waals surface area contributed by atoms with E-state index in [4.69, 9.17) is 4.52 Å². The van der Waals surface area contributed by atoms with Gasteiger partial charge in [-0.3, -0.25) is 9.42 Å². The Bertz CT molecular complexity index is 778. The van der Waals surface area contributed by atoms with Crippen molar-refractivity contribution in [3.05, 3.63) is 71.8 Å².